The summed E-state index contributed by atoms with van der Waals surface area (Å²) in [6.45, 7) is 3.28. The van der Waals surface area contributed by atoms with Gasteiger partial charge in [0, 0.05) is 12.8 Å². The first kappa shape index (κ1) is 11.7. The number of carbonyl (C=O) groups is 1. The minimum absolute atomic E-state index is 0.0706. The third kappa shape index (κ3) is 3.94. The highest BCUT2D eigenvalue weighted by molar-refractivity contribution is 6.32. The van der Waals surface area contributed by atoms with Crippen molar-refractivity contribution >= 4 is 29.0 Å². The van der Waals surface area contributed by atoms with Gasteiger partial charge in [0.1, 0.15) is 4.87 Å². The first-order chi connectivity index (χ1) is 5.43. The van der Waals surface area contributed by atoms with Crippen LogP contribution in [0.25, 0.3) is 0 Å². The Labute approximate surface area is 82.5 Å². The lowest BCUT2D eigenvalue weighted by Gasteiger charge is -2.15. The maximum Gasteiger partial charge on any atom is 0.150 e. The van der Waals surface area contributed by atoms with Crippen LogP contribution in [0, 0.1) is 11.3 Å². The molecule has 0 rings (SSSR count). The quantitative estimate of drug-likeness (QED) is 0.666. The van der Waals surface area contributed by atoms with Crippen molar-refractivity contribution in [1.29, 1.82) is 5.26 Å². The summed E-state index contributed by atoms with van der Waals surface area (Å²) in [5.74, 6) is -0.0706. The maximum atomic E-state index is 11.0. The molecule has 4 heteroatoms. The van der Waals surface area contributed by atoms with E-state index in [-0.39, 0.29) is 12.2 Å². The summed E-state index contributed by atoms with van der Waals surface area (Å²) < 4.78 is 0. The molecule has 0 aromatic rings. The summed E-state index contributed by atoms with van der Waals surface area (Å²) in [7, 11) is 0. The highest BCUT2D eigenvalue weighted by atomic mass is 35.5. The number of halogens is 2. The monoisotopic (exact) mass is 207 g/mol. The van der Waals surface area contributed by atoms with Crippen molar-refractivity contribution in [2.75, 3.05) is 0 Å². The van der Waals surface area contributed by atoms with E-state index in [1.807, 2.05) is 6.07 Å². The molecule has 0 aliphatic rings. The minimum atomic E-state index is -1.03. The van der Waals surface area contributed by atoms with Gasteiger partial charge in [-0.25, -0.2) is 0 Å². The van der Waals surface area contributed by atoms with E-state index < -0.39 is 10.3 Å². The van der Waals surface area contributed by atoms with E-state index in [0.717, 1.165) is 0 Å². The van der Waals surface area contributed by atoms with Crippen molar-refractivity contribution < 1.29 is 4.79 Å². The van der Waals surface area contributed by atoms with Crippen LogP contribution < -0.4 is 0 Å². The molecule has 0 saturated heterocycles. The molecule has 0 aliphatic heterocycles. The zero-order chi connectivity index (χ0) is 9.78. The topological polar surface area (TPSA) is 40.9 Å². The second-order valence-electron chi connectivity index (χ2n) is 2.80. The average Bonchev–Trinajstić information content (AvgIpc) is 2.02. The molecule has 0 amide bonds. The summed E-state index contributed by atoms with van der Waals surface area (Å²) in [6, 6.07) is 1.88. The van der Waals surface area contributed by atoms with Crippen LogP contribution in [0.5, 0.6) is 0 Å². The largest absolute Gasteiger partial charge is 0.298 e. The number of ketones is 1. The zero-order valence-electron chi connectivity index (χ0n) is 7.10. The Bertz CT molecular complexity index is 208. The second kappa shape index (κ2) is 4.69. The number of carbonyl (C=O) groups excluding carboxylic acids is 1. The number of Topliss-reactive ketones (excluding diaryl/α,β-unsaturated/α-hetero) is 1. The predicted octanol–water partition coefficient (Wildman–Crippen LogP) is 2.48. The van der Waals surface area contributed by atoms with Crippen molar-refractivity contribution in [1.82, 2.24) is 0 Å². The molecule has 0 radical (unpaired) electrons. The van der Waals surface area contributed by atoms with Gasteiger partial charge in [0.15, 0.2) is 5.78 Å². The molecule has 0 bridgehead atoms. The van der Waals surface area contributed by atoms with Gasteiger partial charge >= 0.3 is 0 Å². The first-order valence-electron chi connectivity index (χ1n) is 3.70. The third-order valence-electron chi connectivity index (χ3n) is 1.49. The van der Waals surface area contributed by atoms with Crippen LogP contribution >= 0.6 is 23.2 Å². The van der Waals surface area contributed by atoms with Crippen LogP contribution in [0.2, 0.25) is 0 Å². The smallest absolute Gasteiger partial charge is 0.150 e. The summed E-state index contributed by atoms with van der Waals surface area (Å²) in [5, 5.41) is 7.90. The lowest BCUT2D eigenvalue weighted by molar-refractivity contribution is -0.118. The first-order valence-corrected chi connectivity index (χ1v) is 4.51. The number of alkyl halides is 2. The summed E-state index contributed by atoms with van der Waals surface area (Å²) in [5.41, 5.74) is 0. The van der Waals surface area contributed by atoms with Crippen LogP contribution in [0.4, 0.5) is 0 Å². The van der Waals surface area contributed by atoms with Gasteiger partial charge in [-0.3, -0.25) is 4.79 Å². The fourth-order valence-electron chi connectivity index (χ4n) is 0.718. The summed E-state index contributed by atoms with van der Waals surface area (Å²) >= 11 is 11.4. The van der Waals surface area contributed by atoms with Gasteiger partial charge in [0.2, 0.25) is 0 Å². The Morgan fingerprint density at radius 1 is 1.75 bits per heavy atom. The van der Waals surface area contributed by atoms with Crippen molar-refractivity contribution in [3.8, 4) is 6.07 Å². The Morgan fingerprint density at radius 2 is 2.25 bits per heavy atom. The zero-order valence-corrected chi connectivity index (χ0v) is 8.61. The Hall–Kier alpha value is -0.260. The Balaban J connectivity index is 4.11. The van der Waals surface area contributed by atoms with E-state index in [4.69, 9.17) is 28.5 Å². The maximum absolute atomic E-state index is 11.0. The van der Waals surface area contributed by atoms with Crippen LogP contribution in [0.1, 0.15) is 26.7 Å². The molecule has 0 aromatic carbocycles. The molecule has 0 heterocycles. The standard InChI is InChI=1S/C8H11Cl2NO/c1-3-7(12)6(9)4-8(2,10)5-11/h6H,3-4H2,1-2H3. The van der Waals surface area contributed by atoms with Gasteiger partial charge in [-0.05, 0) is 6.92 Å². The molecule has 0 aliphatic carbocycles. The second-order valence-corrected chi connectivity index (χ2v) is 4.16. The van der Waals surface area contributed by atoms with Crippen molar-refractivity contribution in [2.45, 2.75) is 36.9 Å². The number of hydrogen-bond donors (Lipinski definition) is 0. The SMILES string of the molecule is CCC(=O)C(Cl)CC(C)(Cl)C#N. The van der Waals surface area contributed by atoms with Crippen LogP contribution in [-0.4, -0.2) is 16.0 Å². The van der Waals surface area contributed by atoms with Gasteiger partial charge in [-0.1, -0.05) is 6.92 Å². The van der Waals surface area contributed by atoms with Gasteiger partial charge in [0.25, 0.3) is 0 Å². The number of rotatable bonds is 4. The Morgan fingerprint density at radius 3 is 2.58 bits per heavy atom. The molecule has 12 heavy (non-hydrogen) atoms. The molecule has 0 spiro atoms. The van der Waals surface area contributed by atoms with Gasteiger partial charge in [-0.2, -0.15) is 5.26 Å². The van der Waals surface area contributed by atoms with Crippen molar-refractivity contribution in [3.05, 3.63) is 0 Å². The number of nitrogens with zero attached hydrogens (tertiary/aromatic N) is 1. The van der Waals surface area contributed by atoms with E-state index >= 15 is 0 Å². The summed E-state index contributed by atoms with van der Waals surface area (Å²) in [6.07, 6.45) is 0.575. The molecular weight excluding hydrogens is 197 g/mol. The number of hydrogen-bond acceptors (Lipinski definition) is 2. The highest BCUT2D eigenvalue weighted by Gasteiger charge is 2.27. The molecule has 2 nitrogen and oxygen atoms in total. The molecule has 0 fully saturated rings. The average molecular weight is 208 g/mol. The molecule has 2 unspecified atom stereocenters. The van der Waals surface area contributed by atoms with Crippen molar-refractivity contribution in [3.63, 3.8) is 0 Å². The van der Waals surface area contributed by atoms with E-state index in [1.165, 1.54) is 0 Å². The van der Waals surface area contributed by atoms with Gasteiger partial charge < -0.3 is 0 Å². The van der Waals surface area contributed by atoms with Gasteiger partial charge in [0.05, 0.1) is 11.4 Å². The third-order valence-corrected chi connectivity index (χ3v) is 2.13. The number of nitriles is 1. The fourth-order valence-corrected chi connectivity index (χ4v) is 1.41. The van der Waals surface area contributed by atoms with Crippen LogP contribution in [0.3, 0.4) is 0 Å². The van der Waals surface area contributed by atoms with E-state index in [9.17, 15) is 4.79 Å². The van der Waals surface area contributed by atoms with Gasteiger partial charge in [-0.15, -0.1) is 23.2 Å². The Kier molecular flexibility index (Phi) is 4.59. The predicted molar refractivity (Wildman–Crippen MR) is 49.4 cm³/mol. The highest BCUT2D eigenvalue weighted by Crippen LogP contribution is 2.23. The minimum Gasteiger partial charge on any atom is -0.298 e. The van der Waals surface area contributed by atoms with E-state index in [2.05, 4.69) is 0 Å². The molecule has 68 valence electrons. The van der Waals surface area contributed by atoms with E-state index in [0.29, 0.717) is 6.42 Å². The van der Waals surface area contributed by atoms with E-state index in [1.54, 1.807) is 13.8 Å². The van der Waals surface area contributed by atoms with Crippen LogP contribution in [0.15, 0.2) is 0 Å². The molecule has 2 atom stereocenters. The summed E-state index contributed by atoms with van der Waals surface area (Å²) in [4.78, 5) is 9.97. The molecule has 0 saturated carbocycles. The normalized spacial score (nSPS) is 17.6. The van der Waals surface area contributed by atoms with Crippen LogP contribution in [-0.2, 0) is 4.79 Å². The molecule has 0 aromatic heterocycles. The lowest BCUT2D eigenvalue weighted by Crippen LogP contribution is -2.24. The fraction of sp³-hybridized carbons (Fsp3) is 0.750. The molecular formula is C8H11Cl2NO. The molecule has 0 N–H and O–H groups in total. The lowest BCUT2D eigenvalue weighted by atomic mass is 10.0. The van der Waals surface area contributed by atoms with Crippen molar-refractivity contribution in [2.24, 2.45) is 0 Å².